The Balaban J connectivity index is 2.17. The van der Waals surface area contributed by atoms with E-state index in [1.54, 1.807) is 0 Å². The number of rotatable bonds is 8. The molecule has 0 fully saturated rings. The average Bonchev–Trinajstić information content (AvgIpc) is 2.86. The molecule has 2 rings (SSSR count). The first-order valence-electron chi connectivity index (χ1n) is 8.42. The predicted molar refractivity (Wildman–Crippen MR) is 94.2 cm³/mol. The molecular weight excluding hydrogens is 286 g/mol. The lowest BCUT2D eigenvalue weighted by atomic mass is 10.0. The van der Waals surface area contributed by atoms with Crippen molar-refractivity contribution in [2.75, 3.05) is 13.2 Å². The Hall–Kier alpha value is -1.87. The molecule has 0 aliphatic carbocycles. The third-order valence-corrected chi connectivity index (χ3v) is 4.21. The summed E-state index contributed by atoms with van der Waals surface area (Å²) in [5.74, 6) is 0.0871. The van der Waals surface area contributed by atoms with Crippen LogP contribution >= 0.6 is 0 Å². The monoisotopic (exact) mass is 313 g/mol. The second-order valence-corrected chi connectivity index (χ2v) is 6.13. The van der Waals surface area contributed by atoms with Gasteiger partial charge in [-0.15, -0.1) is 0 Å². The molecular formula is C20H27NO2. The molecule has 1 heterocycles. The van der Waals surface area contributed by atoms with E-state index in [-0.39, 0.29) is 11.8 Å². The van der Waals surface area contributed by atoms with Gasteiger partial charge >= 0.3 is 0 Å². The van der Waals surface area contributed by atoms with Gasteiger partial charge in [-0.25, -0.2) is 0 Å². The van der Waals surface area contributed by atoms with E-state index in [0.717, 1.165) is 42.0 Å². The molecule has 1 aromatic carbocycles. The van der Waals surface area contributed by atoms with E-state index in [2.05, 4.69) is 25.3 Å². The molecule has 0 spiro atoms. The van der Waals surface area contributed by atoms with Gasteiger partial charge in [0, 0.05) is 29.1 Å². The summed E-state index contributed by atoms with van der Waals surface area (Å²) in [6.45, 7) is 9.85. The van der Waals surface area contributed by atoms with Gasteiger partial charge in [0.15, 0.2) is 5.78 Å². The largest absolute Gasteiger partial charge is 0.379 e. The van der Waals surface area contributed by atoms with Crippen molar-refractivity contribution in [3.8, 4) is 0 Å². The maximum absolute atomic E-state index is 12.7. The highest BCUT2D eigenvalue weighted by Crippen LogP contribution is 2.23. The lowest BCUT2D eigenvalue weighted by Crippen LogP contribution is -2.16. The van der Waals surface area contributed by atoms with Crippen molar-refractivity contribution in [3.05, 3.63) is 58.9 Å². The zero-order chi connectivity index (χ0) is 16.8. The minimum absolute atomic E-state index is 0.0871. The van der Waals surface area contributed by atoms with E-state index >= 15 is 0 Å². The van der Waals surface area contributed by atoms with Crippen LogP contribution in [0.15, 0.2) is 36.4 Å². The van der Waals surface area contributed by atoms with Crippen LogP contribution in [0.5, 0.6) is 0 Å². The first kappa shape index (κ1) is 17.5. The van der Waals surface area contributed by atoms with Crippen molar-refractivity contribution in [1.82, 2.24) is 4.57 Å². The number of carbonyl (C=O) groups excluding carboxylic acids is 1. The highest BCUT2D eigenvalue weighted by Gasteiger charge is 2.19. The first-order chi connectivity index (χ1) is 11.1. The molecule has 3 nitrogen and oxygen atoms in total. The van der Waals surface area contributed by atoms with E-state index in [1.807, 2.05) is 43.3 Å². The Kier molecular flexibility index (Phi) is 6.17. The van der Waals surface area contributed by atoms with Crippen LogP contribution in [0.2, 0.25) is 0 Å². The number of unbranched alkanes of at least 4 members (excludes halogenated alkanes) is 1. The number of ether oxygens (including phenoxy) is 1. The Bertz CT molecular complexity index is 643. The summed E-state index contributed by atoms with van der Waals surface area (Å²) in [7, 11) is 0. The number of carbonyl (C=O) groups is 1. The first-order valence-corrected chi connectivity index (χ1v) is 8.42. The van der Waals surface area contributed by atoms with Crippen molar-refractivity contribution in [2.45, 2.75) is 46.6 Å². The minimum Gasteiger partial charge on any atom is -0.379 e. The lowest BCUT2D eigenvalue weighted by Gasteiger charge is -2.19. The quantitative estimate of drug-likeness (QED) is 0.522. The summed E-state index contributed by atoms with van der Waals surface area (Å²) in [6, 6.07) is 11.7. The summed E-state index contributed by atoms with van der Waals surface area (Å²) in [4.78, 5) is 12.7. The number of aromatic nitrogens is 1. The van der Waals surface area contributed by atoms with Crippen LogP contribution in [0.25, 0.3) is 0 Å². The molecule has 1 aromatic heterocycles. The number of benzene rings is 1. The molecule has 0 amide bonds. The van der Waals surface area contributed by atoms with Gasteiger partial charge in [0.2, 0.25) is 0 Å². The fourth-order valence-electron chi connectivity index (χ4n) is 3.01. The van der Waals surface area contributed by atoms with Crippen LogP contribution in [0.1, 0.15) is 60.0 Å². The summed E-state index contributed by atoms with van der Waals surface area (Å²) < 4.78 is 7.96. The van der Waals surface area contributed by atoms with Gasteiger partial charge in [0.25, 0.3) is 0 Å². The fraction of sp³-hybridized carbons (Fsp3) is 0.450. The molecule has 2 aromatic rings. The topological polar surface area (TPSA) is 31.2 Å². The molecule has 0 saturated heterocycles. The molecule has 0 aliphatic rings. The van der Waals surface area contributed by atoms with Gasteiger partial charge in [-0.2, -0.15) is 0 Å². The molecule has 1 atom stereocenters. The summed E-state index contributed by atoms with van der Waals surface area (Å²) in [5.41, 5.74) is 3.64. The van der Waals surface area contributed by atoms with Crippen LogP contribution < -0.4 is 0 Å². The predicted octanol–water partition coefficient (Wildman–Crippen LogP) is 4.71. The molecule has 0 saturated carbocycles. The number of hydrogen-bond acceptors (Lipinski definition) is 2. The molecule has 3 heteroatoms. The molecule has 0 aliphatic heterocycles. The molecule has 0 radical (unpaired) electrons. The number of ketones is 1. The van der Waals surface area contributed by atoms with Crippen LogP contribution in [-0.2, 0) is 4.74 Å². The Morgan fingerprint density at radius 3 is 2.57 bits per heavy atom. The molecule has 0 bridgehead atoms. The van der Waals surface area contributed by atoms with Crippen LogP contribution in [0.4, 0.5) is 0 Å². The highest BCUT2D eigenvalue weighted by molar-refractivity contribution is 6.09. The fourth-order valence-corrected chi connectivity index (χ4v) is 3.01. The summed E-state index contributed by atoms with van der Waals surface area (Å²) in [5, 5.41) is 0. The van der Waals surface area contributed by atoms with Gasteiger partial charge < -0.3 is 9.30 Å². The molecule has 0 N–H and O–H groups in total. The van der Waals surface area contributed by atoms with Gasteiger partial charge in [0.05, 0.1) is 12.6 Å². The van der Waals surface area contributed by atoms with Gasteiger partial charge in [0.1, 0.15) is 0 Å². The lowest BCUT2D eigenvalue weighted by molar-refractivity contribution is 0.102. The van der Waals surface area contributed by atoms with E-state index in [1.165, 1.54) is 0 Å². The van der Waals surface area contributed by atoms with E-state index in [4.69, 9.17) is 4.74 Å². The van der Waals surface area contributed by atoms with Crippen molar-refractivity contribution in [3.63, 3.8) is 0 Å². The third kappa shape index (κ3) is 4.11. The second-order valence-electron chi connectivity index (χ2n) is 6.13. The van der Waals surface area contributed by atoms with Crippen LogP contribution in [0.3, 0.4) is 0 Å². The van der Waals surface area contributed by atoms with Crippen molar-refractivity contribution >= 4 is 5.78 Å². The van der Waals surface area contributed by atoms with Gasteiger partial charge in [-0.1, -0.05) is 43.7 Å². The second kappa shape index (κ2) is 8.11. The summed E-state index contributed by atoms with van der Waals surface area (Å²) >= 11 is 0. The van der Waals surface area contributed by atoms with Gasteiger partial charge in [-0.3, -0.25) is 4.79 Å². The SMILES string of the molecule is CCCCOCC(C)n1c(C)cc(C(=O)c2ccccc2)c1C. The van der Waals surface area contributed by atoms with Crippen molar-refractivity contribution in [2.24, 2.45) is 0 Å². The zero-order valence-corrected chi connectivity index (χ0v) is 14.6. The number of hydrogen-bond donors (Lipinski definition) is 0. The average molecular weight is 313 g/mol. The van der Waals surface area contributed by atoms with Crippen LogP contribution in [-0.4, -0.2) is 23.6 Å². The Labute approximate surface area is 139 Å². The van der Waals surface area contributed by atoms with E-state index < -0.39 is 0 Å². The summed E-state index contributed by atoms with van der Waals surface area (Å²) in [6.07, 6.45) is 2.24. The van der Waals surface area contributed by atoms with E-state index in [0.29, 0.717) is 6.61 Å². The normalized spacial score (nSPS) is 12.3. The number of nitrogens with zero attached hydrogens (tertiary/aromatic N) is 1. The smallest absolute Gasteiger partial charge is 0.194 e. The zero-order valence-electron chi connectivity index (χ0n) is 14.6. The van der Waals surface area contributed by atoms with Crippen LogP contribution in [0, 0.1) is 13.8 Å². The molecule has 23 heavy (non-hydrogen) atoms. The van der Waals surface area contributed by atoms with Crippen molar-refractivity contribution in [1.29, 1.82) is 0 Å². The van der Waals surface area contributed by atoms with E-state index in [9.17, 15) is 4.79 Å². The van der Waals surface area contributed by atoms with Crippen molar-refractivity contribution < 1.29 is 9.53 Å². The third-order valence-electron chi connectivity index (χ3n) is 4.21. The Morgan fingerprint density at radius 1 is 1.22 bits per heavy atom. The molecule has 124 valence electrons. The Morgan fingerprint density at radius 2 is 1.91 bits per heavy atom. The standard InChI is InChI=1S/C20H27NO2/c1-5-6-12-23-14-16(3)21-15(2)13-19(17(21)4)20(22)18-10-8-7-9-11-18/h7-11,13,16H,5-6,12,14H2,1-4H3. The maximum atomic E-state index is 12.7. The maximum Gasteiger partial charge on any atom is 0.194 e. The minimum atomic E-state index is 0.0871. The number of aryl methyl sites for hydroxylation is 1. The molecule has 1 unspecified atom stereocenters. The van der Waals surface area contributed by atoms with Gasteiger partial charge in [-0.05, 0) is 33.3 Å². The highest BCUT2D eigenvalue weighted by atomic mass is 16.5.